The Balaban J connectivity index is 3.52. The van der Waals surface area contributed by atoms with Gasteiger partial charge >= 0.3 is 12.3 Å². The third kappa shape index (κ3) is 4.17. The second-order valence-electron chi connectivity index (χ2n) is 3.48. The summed E-state index contributed by atoms with van der Waals surface area (Å²) in [5, 5.41) is 0. The largest absolute Gasteiger partial charge is 0.573 e. The van der Waals surface area contributed by atoms with Crippen LogP contribution in [-0.2, 0) is 4.74 Å². The first-order valence-corrected chi connectivity index (χ1v) is 5.49. The molecule has 0 aliphatic carbocycles. The molecule has 0 aliphatic rings. The van der Waals surface area contributed by atoms with E-state index in [-0.39, 0.29) is 6.61 Å². The van der Waals surface area contributed by atoms with Crippen LogP contribution in [0.15, 0.2) is 6.20 Å². The highest BCUT2D eigenvalue weighted by Gasteiger charge is 2.38. The standard InChI is InChI=1S/C11H10F5NO4/c1-3-20-10(18)6-7(9(12)13)17-4-5(19-2)8(6)21-11(14,15)16/h4,9H,3H2,1-2H3. The fourth-order valence-corrected chi connectivity index (χ4v) is 1.42. The Morgan fingerprint density at radius 2 is 2.00 bits per heavy atom. The van der Waals surface area contributed by atoms with E-state index < -0.39 is 41.5 Å². The fourth-order valence-electron chi connectivity index (χ4n) is 1.42. The molecule has 0 atom stereocenters. The molecule has 0 fully saturated rings. The van der Waals surface area contributed by atoms with Crippen molar-refractivity contribution in [3.05, 3.63) is 17.5 Å². The molecule has 0 amide bonds. The van der Waals surface area contributed by atoms with Crippen molar-refractivity contribution in [3.8, 4) is 11.5 Å². The maximum atomic E-state index is 12.8. The predicted molar refractivity (Wildman–Crippen MR) is 58.4 cm³/mol. The Bertz CT molecular complexity index is 518. The van der Waals surface area contributed by atoms with Gasteiger partial charge in [0.25, 0.3) is 6.43 Å². The number of carbonyl (C=O) groups is 1. The number of nitrogens with zero attached hydrogens (tertiary/aromatic N) is 1. The molecule has 0 unspecified atom stereocenters. The van der Waals surface area contributed by atoms with Gasteiger partial charge in [-0.15, -0.1) is 13.2 Å². The molecule has 0 radical (unpaired) electrons. The molecule has 0 saturated heterocycles. The first kappa shape index (κ1) is 16.9. The Morgan fingerprint density at radius 1 is 1.38 bits per heavy atom. The zero-order chi connectivity index (χ0) is 16.2. The van der Waals surface area contributed by atoms with Crippen molar-refractivity contribution < 1.29 is 41.0 Å². The molecule has 1 aromatic heterocycles. The van der Waals surface area contributed by atoms with Crippen LogP contribution in [0.5, 0.6) is 11.5 Å². The van der Waals surface area contributed by atoms with Crippen molar-refractivity contribution in [2.75, 3.05) is 13.7 Å². The number of aromatic nitrogens is 1. The van der Waals surface area contributed by atoms with Crippen LogP contribution in [0.25, 0.3) is 0 Å². The minimum absolute atomic E-state index is 0.232. The van der Waals surface area contributed by atoms with Gasteiger partial charge in [-0.3, -0.25) is 4.98 Å². The number of rotatable bonds is 5. The van der Waals surface area contributed by atoms with Gasteiger partial charge in [0, 0.05) is 0 Å². The zero-order valence-electron chi connectivity index (χ0n) is 10.8. The number of pyridine rings is 1. The molecular weight excluding hydrogens is 305 g/mol. The summed E-state index contributed by atoms with van der Waals surface area (Å²) in [5.74, 6) is -3.26. The number of esters is 1. The van der Waals surface area contributed by atoms with E-state index in [9.17, 15) is 26.7 Å². The molecule has 1 heterocycles. The minimum Gasteiger partial charge on any atom is -0.491 e. The lowest BCUT2D eigenvalue weighted by molar-refractivity contribution is -0.275. The van der Waals surface area contributed by atoms with Crippen molar-refractivity contribution in [2.45, 2.75) is 19.7 Å². The van der Waals surface area contributed by atoms with Crippen LogP contribution in [0.1, 0.15) is 29.4 Å². The number of alkyl halides is 5. The van der Waals surface area contributed by atoms with E-state index in [2.05, 4.69) is 19.2 Å². The quantitative estimate of drug-likeness (QED) is 0.617. The molecule has 0 bridgehead atoms. The van der Waals surface area contributed by atoms with Crippen molar-refractivity contribution in [2.24, 2.45) is 0 Å². The second-order valence-corrected chi connectivity index (χ2v) is 3.48. The monoisotopic (exact) mass is 315 g/mol. The van der Waals surface area contributed by atoms with E-state index in [0.717, 1.165) is 7.11 Å². The Hall–Kier alpha value is -2.13. The Kier molecular flexibility index (Phi) is 5.28. The maximum Gasteiger partial charge on any atom is 0.573 e. The lowest BCUT2D eigenvalue weighted by Crippen LogP contribution is -2.22. The predicted octanol–water partition coefficient (Wildman–Crippen LogP) is 3.10. The average molecular weight is 315 g/mol. The summed E-state index contributed by atoms with van der Waals surface area (Å²) in [6, 6.07) is 0. The van der Waals surface area contributed by atoms with Gasteiger partial charge in [0.15, 0.2) is 11.5 Å². The molecule has 1 rings (SSSR count). The summed E-state index contributed by atoms with van der Waals surface area (Å²) < 4.78 is 75.4. The number of ether oxygens (including phenoxy) is 3. The normalized spacial score (nSPS) is 11.4. The van der Waals surface area contributed by atoms with Gasteiger partial charge in [-0.05, 0) is 6.92 Å². The molecule has 0 spiro atoms. The minimum atomic E-state index is -5.21. The van der Waals surface area contributed by atoms with Gasteiger partial charge in [0.1, 0.15) is 11.3 Å². The third-order valence-corrected chi connectivity index (χ3v) is 2.15. The summed E-state index contributed by atoms with van der Waals surface area (Å²) in [6.07, 6.45) is -7.91. The zero-order valence-corrected chi connectivity index (χ0v) is 10.8. The van der Waals surface area contributed by atoms with Crippen LogP contribution in [0, 0.1) is 0 Å². The van der Waals surface area contributed by atoms with Crippen molar-refractivity contribution in [3.63, 3.8) is 0 Å². The average Bonchev–Trinajstić information content (AvgIpc) is 2.36. The van der Waals surface area contributed by atoms with E-state index in [4.69, 9.17) is 0 Å². The summed E-state index contributed by atoms with van der Waals surface area (Å²) in [4.78, 5) is 14.9. The lowest BCUT2D eigenvalue weighted by atomic mass is 10.1. The number of carbonyl (C=O) groups excluding carboxylic acids is 1. The van der Waals surface area contributed by atoms with Crippen LogP contribution >= 0.6 is 0 Å². The molecule has 21 heavy (non-hydrogen) atoms. The summed E-state index contributed by atoms with van der Waals surface area (Å²) >= 11 is 0. The van der Waals surface area contributed by atoms with Crippen LogP contribution in [0.3, 0.4) is 0 Å². The van der Waals surface area contributed by atoms with Crippen LogP contribution in [0.4, 0.5) is 22.0 Å². The number of hydrogen-bond acceptors (Lipinski definition) is 5. The van der Waals surface area contributed by atoms with E-state index in [1.807, 2.05) is 0 Å². The molecule has 0 aliphatic heterocycles. The molecule has 5 nitrogen and oxygen atoms in total. The Labute approximate surface area is 115 Å². The highest BCUT2D eigenvalue weighted by atomic mass is 19.4. The van der Waals surface area contributed by atoms with Crippen LogP contribution in [-0.4, -0.2) is 31.0 Å². The third-order valence-electron chi connectivity index (χ3n) is 2.15. The highest BCUT2D eigenvalue weighted by molar-refractivity contribution is 5.94. The molecule has 118 valence electrons. The number of methoxy groups -OCH3 is 1. The molecule has 10 heteroatoms. The van der Waals surface area contributed by atoms with Crippen LogP contribution < -0.4 is 9.47 Å². The van der Waals surface area contributed by atoms with Crippen molar-refractivity contribution in [1.82, 2.24) is 4.98 Å². The summed E-state index contributed by atoms with van der Waals surface area (Å²) in [7, 11) is 0.969. The molecule has 0 N–H and O–H groups in total. The van der Waals surface area contributed by atoms with Gasteiger partial charge in [-0.1, -0.05) is 0 Å². The fraction of sp³-hybridized carbons (Fsp3) is 0.455. The van der Waals surface area contributed by atoms with Gasteiger partial charge < -0.3 is 14.2 Å². The molecule has 1 aromatic rings. The summed E-state index contributed by atoms with van der Waals surface area (Å²) in [5.41, 5.74) is -2.31. The topological polar surface area (TPSA) is 57.7 Å². The van der Waals surface area contributed by atoms with Crippen molar-refractivity contribution >= 4 is 5.97 Å². The first-order chi connectivity index (χ1) is 9.71. The molecular formula is C11H10F5NO4. The Morgan fingerprint density at radius 3 is 2.43 bits per heavy atom. The van der Waals surface area contributed by atoms with E-state index in [1.54, 1.807) is 0 Å². The summed E-state index contributed by atoms with van der Waals surface area (Å²) in [6.45, 7) is 1.13. The van der Waals surface area contributed by atoms with Gasteiger partial charge in [0.2, 0.25) is 0 Å². The molecule has 0 aromatic carbocycles. The van der Waals surface area contributed by atoms with Gasteiger partial charge in [0.05, 0.1) is 19.9 Å². The SMILES string of the molecule is CCOC(=O)c1c(C(F)F)ncc(OC)c1OC(F)(F)F. The second kappa shape index (κ2) is 6.55. The number of halogens is 5. The van der Waals surface area contributed by atoms with Gasteiger partial charge in [-0.25, -0.2) is 13.6 Å². The molecule has 0 saturated carbocycles. The van der Waals surface area contributed by atoms with E-state index >= 15 is 0 Å². The van der Waals surface area contributed by atoms with Crippen molar-refractivity contribution in [1.29, 1.82) is 0 Å². The van der Waals surface area contributed by atoms with Gasteiger partial charge in [-0.2, -0.15) is 0 Å². The lowest BCUT2D eigenvalue weighted by Gasteiger charge is -2.17. The highest BCUT2D eigenvalue weighted by Crippen LogP contribution is 2.39. The van der Waals surface area contributed by atoms with Crippen LogP contribution in [0.2, 0.25) is 0 Å². The maximum absolute atomic E-state index is 12.8. The number of hydrogen-bond donors (Lipinski definition) is 0. The van der Waals surface area contributed by atoms with E-state index in [1.165, 1.54) is 6.92 Å². The smallest absolute Gasteiger partial charge is 0.491 e. The first-order valence-electron chi connectivity index (χ1n) is 5.49. The van der Waals surface area contributed by atoms with E-state index in [0.29, 0.717) is 6.20 Å².